The number of benzene rings is 2. The van der Waals surface area contributed by atoms with Crippen LogP contribution in [0, 0.1) is 11.7 Å². The van der Waals surface area contributed by atoms with Crippen molar-refractivity contribution in [3.63, 3.8) is 0 Å². The Kier molecular flexibility index (Phi) is 6.33. The molecule has 0 aliphatic heterocycles. The van der Waals surface area contributed by atoms with E-state index in [0.29, 0.717) is 11.3 Å². The van der Waals surface area contributed by atoms with Crippen LogP contribution >= 0.6 is 0 Å². The summed E-state index contributed by atoms with van der Waals surface area (Å²) in [4.78, 5) is 24.9. The van der Waals surface area contributed by atoms with Crippen LogP contribution in [0.25, 0.3) is 0 Å². The summed E-state index contributed by atoms with van der Waals surface area (Å²) >= 11 is 0. The Morgan fingerprint density at radius 3 is 2.38 bits per heavy atom. The Morgan fingerprint density at radius 2 is 1.76 bits per heavy atom. The van der Waals surface area contributed by atoms with Gasteiger partial charge < -0.3 is 16.4 Å². The summed E-state index contributed by atoms with van der Waals surface area (Å²) in [6.45, 7) is 3.89. The van der Waals surface area contributed by atoms with Crippen LogP contribution in [0.3, 0.4) is 0 Å². The average molecular weight is 397 g/mol. The molecule has 0 saturated heterocycles. The smallest absolute Gasteiger partial charge is 0.255 e. The first-order chi connectivity index (χ1) is 13.8. The Morgan fingerprint density at radius 1 is 1.10 bits per heavy atom. The number of amides is 2. The van der Waals surface area contributed by atoms with Gasteiger partial charge in [0.15, 0.2) is 0 Å². The quantitative estimate of drug-likeness (QED) is 0.708. The topological polar surface area (TPSA) is 84.2 Å². The summed E-state index contributed by atoms with van der Waals surface area (Å²) in [7, 11) is 0. The number of rotatable bonds is 5. The molecule has 0 heterocycles. The third kappa shape index (κ3) is 5.21. The third-order valence-electron chi connectivity index (χ3n) is 5.70. The molecule has 1 aliphatic carbocycles. The van der Waals surface area contributed by atoms with Gasteiger partial charge in [-0.05, 0) is 68.7 Å². The van der Waals surface area contributed by atoms with E-state index >= 15 is 0 Å². The molecule has 29 heavy (non-hydrogen) atoms. The van der Waals surface area contributed by atoms with E-state index in [-0.39, 0.29) is 29.6 Å². The third-order valence-corrected chi connectivity index (χ3v) is 5.70. The highest BCUT2D eigenvalue weighted by Gasteiger charge is 2.38. The first-order valence-electron chi connectivity index (χ1n) is 10.0. The molecule has 3 rings (SSSR count). The maximum absolute atomic E-state index is 13.0. The summed E-state index contributed by atoms with van der Waals surface area (Å²) in [5, 5.41) is 5.85. The van der Waals surface area contributed by atoms with Crippen molar-refractivity contribution in [2.24, 2.45) is 11.7 Å². The standard InChI is InChI=1S/C23H28FN3O2/c1-15(26-22(29)20-5-3-4-14-23(20,2)25)16-8-12-19(13-9-16)27-21(28)17-6-10-18(24)11-7-17/h6-13,15,20H,3-5,14,25H2,1-2H3,(H,26,29)(H,27,28). The van der Waals surface area contributed by atoms with E-state index in [4.69, 9.17) is 5.73 Å². The number of nitrogens with two attached hydrogens (primary N) is 1. The van der Waals surface area contributed by atoms with Gasteiger partial charge in [-0.1, -0.05) is 25.0 Å². The largest absolute Gasteiger partial charge is 0.349 e. The molecule has 2 aromatic carbocycles. The van der Waals surface area contributed by atoms with Crippen LogP contribution in [0.5, 0.6) is 0 Å². The molecule has 3 atom stereocenters. The van der Waals surface area contributed by atoms with E-state index in [9.17, 15) is 14.0 Å². The van der Waals surface area contributed by atoms with Gasteiger partial charge in [0.05, 0.1) is 12.0 Å². The summed E-state index contributed by atoms with van der Waals surface area (Å²) in [5.74, 6) is -0.868. The molecule has 0 aromatic heterocycles. The number of hydrogen-bond acceptors (Lipinski definition) is 3. The van der Waals surface area contributed by atoms with E-state index in [1.807, 2.05) is 26.0 Å². The number of hydrogen-bond donors (Lipinski definition) is 3. The highest BCUT2D eigenvalue weighted by atomic mass is 19.1. The van der Waals surface area contributed by atoms with Gasteiger partial charge >= 0.3 is 0 Å². The van der Waals surface area contributed by atoms with Crippen LogP contribution in [-0.4, -0.2) is 17.4 Å². The minimum Gasteiger partial charge on any atom is -0.349 e. The summed E-state index contributed by atoms with van der Waals surface area (Å²) in [5.41, 5.74) is 7.82. The molecule has 6 heteroatoms. The highest BCUT2D eigenvalue weighted by molar-refractivity contribution is 6.04. The van der Waals surface area contributed by atoms with Crippen molar-refractivity contribution in [2.75, 3.05) is 5.32 Å². The van der Waals surface area contributed by atoms with E-state index in [1.54, 1.807) is 12.1 Å². The Hall–Kier alpha value is -2.73. The van der Waals surface area contributed by atoms with E-state index in [0.717, 1.165) is 31.2 Å². The highest BCUT2D eigenvalue weighted by Crippen LogP contribution is 2.32. The molecule has 0 spiro atoms. The predicted octanol–water partition coefficient (Wildman–Crippen LogP) is 4.16. The number of carbonyl (C=O) groups excluding carboxylic acids is 2. The van der Waals surface area contributed by atoms with Crippen LogP contribution in [0.15, 0.2) is 48.5 Å². The van der Waals surface area contributed by atoms with Gasteiger partial charge in [0.1, 0.15) is 5.82 Å². The molecule has 1 aliphatic rings. The molecule has 154 valence electrons. The lowest BCUT2D eigenvalue weighted by Gasteiger charge is -2.37. The van der Waals surface area contributed by atoms with Gasteiger partial charge in [-0.3, -0.25) is 9.59 Å². The van der Waals surface area contributed by atoms with E-state index in [1.165, 1.54) is 24.3 Å². The lowest BCUT2D eigenvalue weighted by molar-refractivity contribution is -0.128. The Labute approximate surface area is 170 Å². The van der Waals surface area contributed by atoms with Gasteiger partial charge in [-0.25, -0.2) is 4.39 Å². The second-order valence-corrected chi connectivity index (χ2v) is 8.12. The van der Waals surface area contributed by atoms with Crippen molar-refractivity contribution >= 4 is 17.5 Å². The average Bonchev–Trinajstić information content (AvgIpc) is 2.68. The lowest BCUT2D eigenvalue weighted by atomic mass is 9.74. The van der Waals surface area contributed by atoms with Crippen molar-refractivity contribution in [2.45, 2.75) is 51.1 Å². The molecule has 2 aromatic rings. The maximum atomic E-state index is 13.0. The van der Waals surface area contributed by atoms with Crippen LogP contribution in [0.1, 0.15) is 61.5 Å². The monoisotopic (exact) mass is 397 g/mol. The fraction of sp³-hybridized carbons (Fsp3) is 0.391. The van der Waals surface area contributed by atoms with Crippen molar-refractivity contribution < 1.29 is 14.0 Å². The second-order valence-electron chi connectivity index (χ2n) is 8.12. The normalized spacial score (nSPS) is 22.6. The Bertz CT molecular complexity index is 863. The summed E-state index contributed by atoms with van der Waals surface area (Å²) in [6, 6.07) is 12.5. The summed E-state index contributed by atoms with van der Waals surface area (Å²) in [6.07, 6.45) is 3.78. The van der Waals surface area contributed by atoms with Gasteiger partial charge in [0, 0.05) is 16.8 Å². The van der Waals surface area contributed by atoms with Crippen LogP contribution in [0.4, 0.5) is 10.1 Å². The molecule has 5 nitrogen and oxygen atoms in total. The first kappa shape index (κ1) is 21.0. The fourth-order valence-corrected chi connectivity index (χ4v) is 3.85. The molecule has 2 amide bonds. The molecule has 1 fully saturated rings. The molecule has 0 bridgehead atoms. The molecule has 1 saturated carbocycles. The summed E-state index contributed by atoms with van der Waals surface area (Å²) < 4.78 is 13.0. The number of anilines is 1. The molecule has 0 radical (unpaired) electrons. The zero-order valence-corrected chi connectivity index (χ0v) is 16.9. The zero-order valence-electron chi connectivity index (χ0n) is 16.9. The van der Waals surface area contributed by atoms with Crippen LogP contribution in [-0.2, 0) is 4.79 Å². The lowest BCUT2D eigenvalue weighted by Crippen LogP contribution is -2.53. The first-order valence-corrected chi connectivity index (χ1v) is 10.0. The van der Waals surface area contributed by atoms with Crippen molar-refractivity contribution in [3.8, 4) is 0 Å². The van der Waals surface area contributed by atoms with Crippen LogP contribution < -0.4 is 16.4 Å². The minimum absolute atomic E-state index is 0.00381. The molecule has 3 unspecified atom stereocenters. The van der Waals surface area contributed by atoms with Gasteiger partial charge in [-0.2, -0.15) is 0 Å². The molecular formula is C23H28FN3O2. The van der Waals surface area contributed by atoms with Crippen molar-refractivity contribution in [1.29, 1.82) is 0 Å². The van der Waals surface area contributed by atoms with Crippen molar-refractivity contribution in [3.05, 3.63) is 65.5 Å². The van der Waals surface area contributed by atoms with Crippen molar-refractivity contribution in [1.82, 2.24) is 5.32 Å². The fourth-order valence-electron chi connectivity index (χ4n) is 3.85. The van der Waals surface area contributed by atoms with Gasteiger partial charge in [0.25, 0.3) is 5.91 Å². The van der Waals surface area contributed by atoms with E-state index in [2.05, 4.69) is 10.6 Å². The van der Waals surface area contributed by atoms with Crippen LogP contribution in [0.2, 0.25) is 0 Å². The predicted molar refractivity (Wildman–Crippen MR) is 112 cm³/mol. The Balaban J connectivity index is 1.59. The SMILES string of the molecule is CC(NC(=O)C1CCCCC1(C)N)c1ccc(NC(=O)c2ccc(F)cc2)cc1. The van der Waals surface area contributed by atoms with Gasteiger partial charge in [-0.15, -0.1) is 0 Å². The maximum Gasteiger partial charge on any atom is 0.255 e. The molecule has 4 N–H and O–H groups in total. The zero-order chi connectivity index (χ0) is 21.0. The number of carbonyl (C=O) groups is 2. The second kappa shape index (κ2) is 8.74. The number of halogens is 1. The van der Waals surface area contributed by atoms with Gasteiger partial charge in [0.2, 0.25) is 5.91 Å². The molecular weight excluding hydrogens is 369 g/mol. The minimum atomic E-state index is -0.462. The van der Waals surface area contributed by atoms with E-state index < -0.39 is 5.54 Å². The number of nitrogens with one attached hydrogen (secondary N) is 2.